The molecule has 0 fully saturated rings. The van der Waals surface area contributed by atoms with E-state index in [9.17, 15) is 9.59 Å². The Morgan fingerprint density at radius 2 is 1.70 bits per heavy atom. The Morgan fingerprint density at radius 3 is 2.20 bits per heavy atom. The first-order valence-corrected chi connectivity index (χ1v) is 7.22. The molecule has 20 heavy (non-hydrogen) atoms. The van der Waals surface area contributed by atoms with Crippen LogP contribution in [-0.2, 0) is 14.3 Å². The summed E-state index contributed by atoms with van der Waals surface area (Å²) in [7, 11) is 0. The molecule has 0 aromatic rings. The number of rotatable bonds is 9. The fraction of sp³-hybridized carbons (Fsp3) is 0.857. The molecule has 0 bridgehead atoms. The van der Waals surface area contributed by atoms with Crippen LogP contribution in [0.1, 0.15) is 52.9 Å². The lowest BCUT2D eigenvalue weighted by molar-refractivity contribution is -0.158. The summed E-state index contributed by atoms with van der Waals surface area (Å²) in [4.78, 5) is 23.8. The molecular formula is C14H29N3O3. The van der Waals surface area contributed by atoms with Crippen molar-refractivity contribution in [1.82, 2.24) is 5.32 Å². The van der Waals surface area contributed by atoms with Gasteiger partial charge in [0.1, 0.15) is 11.6 Å². The number of ether oxygens (including phenoxy) is 1. The quantitative estimate of drug-likeness (QED) is 0.427. The molecule has 1 amide bonds. The highest BCUT2D eigenvalue weighted by Crippen LogP contribution is 2.11. The molecule has 1 atom stereocenters. The third-order valence-corrected chi connectivity index (χ3v) is 2.58. The molecule has 0 aliphatic rings. The average Bonchev–Trinajstić information content (AvgIpc) is 2.33. The van der Waals surface area contributed by atoms with Crippen molar-refractivity contribution in [2.75, 3.05) is 13.1 Å². The number of nitrogens with two attached hydrogens (primary N) is 2. The van der Waals surface area contributed by atoms with Gasteiger partial charge in [-0.3, -0.25) is 4.79 Å². The van der Waals surface area contributed by atoms with Crippen LogP contribution in [0.4, 0.5) is 0 Å². The molecule has 0 heterocycles. The Balaban J connectivity index is 4.46. The Morgan fingerprint density at radius 1 is 1.10 bits per heavy atom. The van der Waals surface area contributed by atoms with E-state index in [0.717, 1.165) is 12.8 Å². The molecule has 0 aliphatic heterocycles. The topological polar surface area (TPSA) is 107 Å². The highest BCUT2D eigenvalue weighted by atomic mass is 16.6. The maximum Gasteiger partial charge on any atom is 0.329 e. The Hall–Kier alpha value is -1.14. The van der Waals surface area contributed by atoms with E-state index in [1.807, 2.05) is 0 Å². The fourth-order valence-electron chi connectivity index (χ4n) is 1.64. The van der Waals surface area contributed by atoms with Crippen LogP contribution in [0.25, 0.3) is 0 Å². The van der Waals surface area contributed by atoms with Gasteiger partial charge in [-0.1, -0.05) is 0 Å². The van der Waals surface area contributed by atoms with Crippen molar-refractivity contribution in [2.45, 2.75) is 64.5 Å². The minimum atomic E-state index is -0.606. The van der Waals surface area contributed by atoms with Gasteiger partial charge in [-0.2, -0.15) is 0 Å². The zero-order chi connectivity index (χ0) is 15.6. The summed E-state index contributed by atoms with van der Waals surface area (Å²) in [6, 6.07) is -0.606. The minimum absolute atomic E-state index is 0.168. The van der Waals surface area contributed by atoms with Gasteiger partial charge in [0.15, 0.2) is 0 Å². The van der Waals surface area contributed by atoms with Crippen molar-refractivity contribution in [3.8, 4) is 0 Å². The van der Waals surface area contributed by atoms with E-state index in [1.165, 1.54) is 0 Å². The van der Waals surface area contributed by atoms with E-state index in [1.54, 1.807) is 20.8 Å². The maximum atomic E-state index is 12.1. The molecule has 0 radical (unpaired) electrons. The summed E-state index contributed by atoms with van der Waals surface area (Å²) in [6.07, 6.45) is 3.07. The van der Waals surface area contributed by atoms with Crippen molar-refractivity contribution in [3.05, 3.63) is 0 Å². The van der Waals surface area contributed by atoms with E-state index in [-0.39, 0.29) is 5.91 Å². The average molecular weight is 287 g/mol. The Bertz CT molecular complexity index is 301. The number of hydrogen-bond acceptors (Lipinski definition) is 5. The molecule has 118 valence electrons. The normalized spacial score (nSPS) is 12.8. The molecule has 0 saturated heterocycles. The van der Waals surface area contributed by atoms with Crippen molar-refractivity contribution in [2.24, 2.45) is 11.5 Å². The van der Waals surface area contributed by atoms with Gasteiger partial charge >= 0.3 is 5.97 Å². The van der Waals surface area contributed by atoms with Gasteiger partial charge in [0.2, 0.25) is 5.91 Å². The molecule has 5 N–H and O–H groups in total. The second kappa shape index (κ2) is 9.72. The molecule has 0 rings (SSSR count). The smallest absolute Gasteiger partial charge is 0.329 e. The molecule has 6 heteroatoms. The lowest BCUT2D eigenvalue weighted by Gasteiger charge is -2.24. The summed E-state index contributed by atoms with van der Waals surface area (Å²) in [5.74, 6) is -0.560. The first kappa shape index (κ1) is 18.9. The van der Waals surface area contributed by atoms with Gasteiger partial charge in [0.25, 0.3) is 0 Å². The fourth-order valence-corrected chi connectivity index (χ4v) is 1.64. The molecular weight excluding hydrogens is 258 g/mol. The number of carbonyl (C=O) groups excluding carboxylic acids is 2. The number of carbonyl (C=O) groups is 2. The summed E-state index contributed by atoms with van der Waals surface area (Å²) in [5.41, 5.74) is 10.2. The van der Waals surface area contributed by atoms with Gasteiger partial charge in [-0.05, 0) is 59.5 Å². The van der Waals surface area contributed by atoms with E-state index in [4.69, 9.17) is 16.2 Å². The second-order valence-corrected chi connectivity index (χ2v) is 5.83. The predicted octanol–water partition coefficient (Wildman–Crippen LogP) is 0.681. The van der Waals surface area contributed by atoms with Gasteiger partial charge < -0.3 is 21.5 Å². The first-order valence-electron chi connectivity index (χ1n) is 7.22. The lowest BCUT2D eigenvalue weighted by atomic mass is 10.1. The zero-order valence-corrected chi connectivity index (χ0v) is 12.9. The van der Waals surface area contributed by atoms with Crippen molar-refractivity contribution in [1.29, 1.82) is 0 Å². The molecule has 0 aromatic carbocycles. The van der Waals surface area contributed by atoms with E-state index in [2.05, 4.69) is 5.32 Å². The van der Waals surface area contributed by atoms with Gasteiger partial charge in [-0.15, -0.1) is 0 Å². The van der Waals surface area contributed by atoms with Gasteiger partial charge in [-0.25, -0.2) is 4.79 Å². The number of nitrogens with one attached hydrogen (secondary N) is 1. The number of unbranched alkanes of at least 4 members (excludes halogenated alkanes) is 1. The monoisotopic (exact) mass is 287 g/mol. The molecule has 1 unspecified atom stereocenters. The Labute approximate surface area is 121 Å². The highest BCUT2D eigenvalue weighted by Gasteiger charge is 2.25. The molecule has 0 spiro atoms. The number of hydrogen-bond donors (Lipinski definition) is 3. The van der Waals surface area contributed by atoms with Gasteiger partial charge in [0, 0.05) is 6.42 Å². The third kappa shape index (κ3) is 9.75. The molecule has 6 nitrogen and oxygen atoms in total. The van der Waals surface area contributed by atoms with Crippen LogP contribution in [0.5, 0.6) is 0 Å². The van der Waals surface area contributed by atoms with Gasteiger partial charge in [0.05, 0.1) is 0 Å². The summed E-state index contributed by atoms with van der Waals surface area (Å²) in [5, 5.41) is 2.72. The molecule has 0 aromatic heterocycles. The number of esters is 1. The third-order valence-electron chi connectivity index (χ3n) is 2.58. The predicted molar refractivity (Wildman–Crippen MR) is 79.0 cm³/mol. The molecule has 0 aliphatic carbocycles. The van der Waals surface area contributed by atoms with Crippen molar-refractivity contribution < 1.29 is 14.3 Å². The maximum absolute atomic E-state index is 12.1. The van der Waals surface area contributed by atoms with Crippen LogP contribution < -0.4 is 16.8 Å². The van der Waals surface area contributed by atoms with Crippen LogP contribution in [0.15, 0.2) is 0 Å². The standard InChI is InChI=1S/C14H29N3O3/c1-14(2,3)20-13(19)11(7-4-5-9-15)17-12(18)8-6-10-16/h11H,4-10,15-16H2,1-3H3,(H,17,18). The largest absolute Gasteiger partial charge is 0.458 e. The van der Waals surface area contributed by atoms with Crippen LogP contribution in [0.3, 0.4) is 0 Å². The van der Waals surface area contributed by atoms with Crippen LogP contribution in [0, 0.1) is 0 Å². The summed E-state index contributed by atoms with van der Waals surface area (Å²) in [6.45, 7) is 6.44. The zero-order valence-electron chi connectivity index (χ0n) is 12.9. The second-order valence-electron chi connectivity index (χ2n) is 5.83. The van der Waals surface area contributed by atoms with E-state index >= 15 is 0 Å². The van der Waals surface area contributed by atoms with Crippen LogP contribution in [0.2, 0.25) is 0 Å². The number of amides is 1. The van der Waals surface area contributed by atoms with Crippen molar-refractivity contribution >= 4 is 11.9 Å². The van der Waals surface area contributed by atoms with E-state index < -0.39 is 17.6 Å². The Kier molecular flexibility index (Phi) is 9.16. The highest BCUT2D eigenvalue weighted by molar-refractivity contribution is 5.84. The first-order chi connectivity index (χ1) is 9.30. The summed E-state index contributed by atoms with van der Waals surface area (Å²) >= 11 is 0. The SMILES string of the molecule is CC(C)(C)OC(=O)C(CCCCN)NC(=O)CCCN. The van der Waals surface area contributed by atoms with E-state index in [0.29, 0.717) is 32.4 Å². The molecule has 0 saturated carbocycles. The van der Waals surface area contributed by atoms with Crippen molar-refractivity contribution in [3.63, 3.8) is 0 Å². The lowest BCUT2D eigenvalue weighted by Crippen LogP contribution is -2.44. The summed E-state index contributed by atoms with van der Waals surface area (Å²) < 4.78 is 5.33. The minimum Gasteiger partial charge on any atom is -0.458 e. The van der Waals surface area contributed by atoms with Crippen LogP contribution in [-0.4, -0.2) is 36.6 Å². The van der Waals surface area contributed by atoms with Crippen LogP contribution >= 0.6 is 0 Å².